The highest BCUT2D eigenvalue weighted by Crippen LogP contribution is 2.39. The molecule has 12 nitrogen and oxygen atoms in total. The number of aliphatic hydroxyl groups is 2. The van der Waals surface area contributed by atoms with Crippen LogP contribution in [0, 0.1) is 0 Å². The van der Waals surface area contributed by atoms with Gasteiger partial charge in [0, 0.05) is 22.2 Å². The van der Waals surface area contributed by atoms with Crippen LogP contribution < -0.4 is 0 Å². The molecule has 2 N–H and O–H groups in total. The van der Waals surface area contributed by atoms with Gasteiger partial charge in [0.1, 0.15) is 25.4 Å². The van der Waals surface area contributed by atoms with Crippen LogP contribution in [0.15, 0.2) is 0 Å². The Hall–Kier alpha value is -1.38. The van der Waals surface area contributed by atoms with E-state index < -0.39 is 46.3 Å². The van der Waals surface area contributed by atoms with Gasteiger partial charge in [0.25, 0.3) is 0 Å². The maximum atomic E-state index is 12.4. The molecule has 12 heteroatoms. The summed E-state index contributed by atoms with van der Waals surface area (Å²) in [6.07, 6.45) is -0.888. The van der Waals surface area contributed by atoms with E-state index >= 15 is 0 Å². The first kappa shape index (κ1) is 34.8. The molecule has 0 spiro atoms. The lowest BCUT2D eigenvalue weighted by Gasteiger charge is -2.49. The molecule has 0 saturated carbocycles. The van der Waals surface area contributed by atoms with Crippen molar-refractivity contribution in [2.24, 2.45) is 0 Å². The molecule has 0 aromatic heterocycles. The maximum Gasteiger partial charge on any atom is 0.306 e. The first-order valence-corrected chi connectivity index (χ1v) is 14.1. The summed E-state index contributed by atoms with van der Waals surface area (Å²) in [7, 11) is 0. The third kappa shape index (κ3) is 10.2. The Kier molecular flexibility index (Phi) is 12.0. The van der Waals surface area contributed by atoms with Crippen LogP contribution in [-0.4, -0.2) is 105 Å². The molecular formula is C28H50N2O10. The predicted molar refractivity (Wildman–Crippen MR) is 142 cm³/mol. The molecule has 0 aliphatic carbocycles. The Labute approximate surface area is 238 Å². The molecule has 0 aromatic carbocycles. The molecule has 2 fully saturated rings. The molecule has 2 rings (SSSR count). The molecule has 232 valence electrons. The van der Waals surface area contributed by atoms with Crippen molar-refractivity contribution in [2.75, 3.05) is 26.4 Å². The van der Waals surface area contributed by atoms with Gasteiger partial charge in [-0.2, -0.15) is 0 Å². The Morgan fingerprint density at radius 1 is 0.625 bits per heavy atom. The number of hydrogen-bond acceptors (Lipinski definition) is 10. The molecule has 2 aliphatic heterocycles. The maximum absolute atomic E-state index is 12.4. The molecule has 2 saturated heterocycles. The van der Waals surface area contributed by atoms with Gasteiger partial charge in [0.05, 0.1) is 38.3 Å². The smallest absolute Gasteiger partial charge is 0.306 e. The van der Waals surface area contributed by atoms with Crippen LogP contribution in [0.3, 0.4) is 0 Å². The average molecular weight is 575 g/mol. The Morgan fingerprint density at radius 2 is 0.900 bits per heavy atom. The van der Waals surface area contributed by atoms with Crippen molar-refractivity contribution in [3.05, 3.63) is 0 Å². The molecule has 40 heavy (non-hydrogen) atoms. The zero-order valence-corrected chi connectivity index (χ0v) is 25.4. The van der Waals surface area contributed by atoms with E-state index in [1.54, 1.807) is 0 Å². The van der Waals surface area contributed by atoms with Gasteiger partial charge in [0.15, 0.2) is 0 Å². The van der Waals surface area contributed by atoms with Gasteiger partial charge < -0.3 is 29.2 Å². The van der Waals surface area contributed by atoms with Crippen molar-refractivity contribution in [2.45, 2.75) is 140 Å². The predicted octanol–water partition coefficient (Wildman–Crippen LogP) is 2.34. The zero-order chi connectivity index (χ0) is 30.5. The van der Waals surface area contributed by atoms with Crippen molar-refractivity contribution >= 4 is 11.9 Å². The van der Waals surface area contributed by atoms with E-state index in [-0.39, 0.29) is 51.5 Å². The van der Waals surface area contributed by atoms with Gasteiger partial charge in [-0.15, -0.1) is 20.5 Å². The molecule has 2 atom stereocenters. The highest BCUT2D eigenvalue weighted by atomic mass is 16.6. The highest BCUT2D eigenvalue weighted by Gasteiger charge is 2.47. The fourth-order valence-electron chi connectivity index (χ4n) is 5.90. The topological polar surface area (TPSA) is 158 Å². The third-order valence-electron chi connectivity index (χ3n) is 7.56. The quantitative estimate of drug-likeness (QED) is 0.313. The molecule has 2 unspecified atom stereocenters. The van der Waals surface area contributed by atoms with Gasteiger partial charge in [-0.3, -0.25) is 9.59 Å². The second kappa shape index (κ2) is 13.7. The Bertz CT molecular complexity index is 743. The second-order valence-electron chi connectivity index (χ2n) is 13.7. The van der Waals surface area contributed by atoms with Gasteiger partial charge in [0.2, 0.25) is 0 Å². The van der Waals surface area contributed by atoms with Crippen LogP contribution >= 0.6 is 0 Å². The number of esters is 2. The van der Waals surface area contributed by atoms with Crippen LogP contribution in [0.1, 0.15) is 93.9 Å². The molecule has 2 aliphatic rings. The van der Waals surface area contributed by atoms with E-state index in [1.165, 1.54) is 0 Å². The lowest BCUT2D eigenvalue weighted by molar-refractivity contribution is -0.302. The zero-order valence-electron chi connectivity index (χ0n) is 25.4. The Morgan fingerprint density at radius 3 is 1.18 bits per heavy atom. The summed E-state index contributed by atoms with van der Waals surface area (Å²) < 4.78 is 21.7. The fraction of sp³-hybridized carbons (Fsp3) is 0.929. The van der Waals surface area contributed by atoms with Crippen LogP contribution in [0.5, 0.6) is 0 Å². The molecular weight excluding hydrogens is 524 g/mol. The summed E-state index contributed by atoms with van der Waals surface area (Å²) in [4.78, 5) is 24.0. The third-order valence-corrected chi connectivity index (χ3v) is 7.56. The molecule has 2 heterocycles. The summed E-state index contributed by atoms with van der Waals surface area (Å²) in [5.41, 5.74) is -2.36. The minimum absolute atomic E-state index is 0.0457. The van der Waals surface area contributed by atoms with Gasteiger partial charge in [-0.25, -0.2) is 0 Å². The summed E-state index contributed by atoms with van der Waals surface area (Å²) >= 11 is 0. The van der Waals surface area contributed by atoms with Gasteiger partial charge >= 0.3 is 11.9 Å². The van der Waals surface area contributed by atoms with Crippen LogP contribution in [0.4, 0.5) is 0 Å². The van der Waals surface area contributed by atoms with E-state index in [2.05, 4.69) is 0 Å². The number of piperidine rings is 2. The van der Waals surface area contributed by atoms with E-state index in [1.807, 2.05) is 55.4 Å². The van der Waals surface area contributed by atoms with Crippen molar-refractivity contribution in [3.63, 3.8) is 0 Å². The number of aliphatic hydroxyl groups excluding tert-OH is 2. The summed E-state index contributed by atoms with van der Waals surface area (Å²) in [5, 5.41) is 47.4. The van der Waals surface area contributed by atoms with Crippen molar-refractivity contribution in [1.29, 1.82) is 0 Å². The van der Waals surface area contributed by atoms with E-state index in [4.69, 9.17) is 18.9 Å². The van der Waals surface area contributed by atoms with Crippen molar-refractivity contribution in [1.82, 2.24) is 10.1 Å². The highest BCUT2D eigenvalue weighted by molar-refractivity contribution is 5.77. The number of hydroxylamine groups is 4. The number of nitrogens with zero attached hydrogens (tertiary/aromatic N) is 2. The van der Waals surface area contributed by atoms with E-state index in [0.29, 0.717) is 25.7 Å². The number of carbonyl (C=O) groups is 2. The Balaban J connectivity index is 1.59. The van der Waals surface area contributed by atoms with Gasteiger partial charge in [-0.1, -0.05) is 0 Å². The van der Waals surface area contributed by atoms with Gasteiger partial charge in [-0.05, 0) is 81.1 Å². The lowest BCUT2D eigenvalue weighted by Crippen LogP contribution is -2.60. The largest absolute Gasteiger partial charge is 0.463 e. The van der Waals surface area contributed by atoms with Crippen LogP contribution in [0.2, 0.25) is 0 Å². The lowest BCUT2D eigenvalue weighted by atomic mass is 9.80. The van der Waals surface area contributed by atoms with Crippen LogP contribution in [-0.2, 0) is 39.0 Å². The summed E-state index contributed by atoms with van der Waals surface area (Å²) in [6.45, 7) is 14.2. The second-order valence-corrected chi connectivity index (χ2v) is 13.7. The average Bonchev–Trinajstić information content (AvgIpc) is 2.83. The molecule has 0 aromatic rings. The number of hydrogen-bond donors (Lipinski definition) is 2. The summed E-state index contributed by atoms with van der Waals surface area (Å²) in [5.74, 6) is -1.34. The monoisotopic (exact) mass is 574 g/mol. The first-order valence-electron chi connectivity index (χ1n) is 14.1. The molecule has 2 radical (unpaired) electrons. The number of ether oxygens (including phenoxy) is 4. The molecule has 0 bridgehead atoms. The van der Waals surface area contributed by atoms with Crippen molar-refractivity contribution < 1.29 is 49.2 Å². The van der Waals surface area contributed by atoms with E-state index in [0.717, 1.165) is 10.1 Å². The van der Waals surface area contributed by atoms with Crippen LogP contribution in [0.25, 0.3) is 0 Å². The minimum Gasteiger partial charge on any atom is -0.463 e. The molecule has 0 amide bonds. The number of carbonyl (C=O) groups excluding carboxylic acids is 2. The SMILES string of the molecule is CC1(C)CC(OCC(O)COC(=O)CCC(=O)OCC(O)COC2CC(C)(C)N([O])C(C)(C)C2)CC(C)(C)N1[O]. The van der Waals surface area contributed by atoms with Crippen molar-refractivity contribution in [3.8, 4) is 0 Å². The minimum atomic E-state index is -1.04. The normalized spacial score (nSPS) is 24.8. The summed E-state index contributed by atoms with van der Waals surface area (Å²) in [6, 6.07) is 0. The number of rotatable bonds is 13. The van der Waals surface area contributed by atoms with E-state index in [9.17, 15) is 30.2 Å². The fourth-order valence-corrected chi connectivity index (χ4v) is 5.90. The first-order chi connectivity index (χ1) is 18.2. The standard InChI is InChI=1S/C28H50N2O10/c1-25(2)11-21(12-26(3,4)29(25)35)37-15-19(31)17-39-23(33)9-10-24(34)40-18-20(32)16-38-22-13-27(5,6)30(36)28(7,8)14-22/h19-22,31-32H,9-18H2,1-8H3.